The van der Waals surface area contributed by atoms with E-state index in [1.807, 2.05) is 12.1 Å². The molecule has 0 aliphatic heterocycles. The normalized spacial score (nSPS) is 18.9. The lowest BCUT2D eigenvalue weighted by molar-refractivity contribution is 0.502. The molecule has 2 N–H and O–H groups in total. The Morgan fingerprint density at radius 3 is 2.31 bits per heavy atom. The number of hydrogen-bond donors (Lipinski definition) is 1. The van der Waals surface area contributed by atoms with Crippen LogP contribution in [0.25, 0.3) is 5.57 Å². The molecule has 0 heterocycles. The first-order valence-corrected chi connectivity index (χ1v) is 5.74. The summed E-state index contributed by atoms with van der Waals surface area (Å²) < 4.78 is 0. The van der Waals surface area contributed by atoms with E-state index >= 15 is 0 Å². The van der Waals surface area contributed by atoms with Crippen LogP contribution in [0.2, 0.25) is 0 Å². The SMILES string of the molecule is CC1=C(c2ccc(N)cc2)C(C)(C)CC=C1. The Balaban J connectivity index is 2.52. The molecule has 1 heteroatoms. The summed E-state index contributed by atoms with van der Waals surface area (Å²) in [5.41, 5.74) is 10.9. The Hall–Kier alpha value is -1.50. The Morgan fingerprint density at radius 1 is 1.12 bits per heavy atom. The molecule has 0 radical (unpaired) electrons. The number of anilines is 1. The smallest absolute Gasteiger partial charge is 0.0314 e. The highest BCUT2D eigenvalue weighted by Crippen LogP contribution is 2.43. The molecule has 0 unspecified atom stereocenters. The molecule has 1 nitrogen and oxygen atoms in total. The third-order valence-corrected chi connectivity index (χ3v) is 3.27. The van der Waals surface area contributed by atoms with Crippen molar-refractivity contribution in [2.45, 2.75) is 27.2 Å². The van der Waals surface area contributed by atoms with Crippen molar-refractivity contribution in [1.82, 2.24) is 0 Å². The second kappa shape index (κ2) is 3.82. The summed E-state index contributed by atoms with van der Waals surface area (Å²) in [6, 6.07) is 8.19. The summed E-state index contributed by atoms with van der Waals surface area (Å²) in [6.45, 7) is 6.78. The molecule has 84 valence electrons. The Bertz CT molecular complexity index is 447. The van der Waals surface area contributed by atoms with Crippen molar-refractivity contribution in [2.75, 3.05) is 5.73 Å². The van der Waals surface area contributed by atoms with Crippen molar-refractivity contribution in [2.24, 2.45) is 5.41 Å². The third kappa shape index (κ3) is 1.90. The van der Waals surface area contributed by atoms with Crippen LogP contribution >= 0.6 is 0 Å². The third-order valence-electron chi connectivity index (χ3n) is 3.27. The fraction of sp³-hybridized carbons (Fsp3) is 0.333. The molecular weight excluding hydrogens is 194 g/mol. The van der Waals surface area contributed by atoms with Crippen LogP contribution in [-0.2, 0) is 0 Å². The lowest BCUT2D eigenvalue weighted by atomic mass is 9.73. The average molecular weight is 213 g/mol. The first-order valence-electron chi connectivity index (χ1n) is 5.74. The predicted molar refractivity (Wildman–Crippen MR) is 71.0 cm³/mol. The number of benzene rings is 1. The van der Waals surface area contributed by atoms with Crippen LogP contribution in [0.15, 0.2) is 42.0 Å². The molecule has 16 heavy (non-hydrogen) atoms. The summed E-state index contributed by atoms with van der Waals surface area (Å²) >= 11 is 0. The van der Waals surface area contributed by atoms with Gasteiger partial charge in [0, 0.05) is 5.69 Å². The van der Waals surface area contributed by atoms with E-state index in [0.29, 0.717) is 0 Å². The van der Waals surface area contributed by atoms with E-state index in [9.17, 15) is 0 Å². The van der Waals surface area contributed by atoms with Crippen molar-refractivity contribution in [1.29, 1.82) is 0 Å². The number of nitrogen functional groups attached to an aromatic ring is 1. The van der Waals surface area contributed by atoms with Crippen molar-refractivity contribution in [3.8, 4) is 0 Å². The number of nitrogens with two attached hydrogens (primary N) is 1. The lowest BCUT2D eigenvalue weighted by Crippen LogP contribution is -2.16. The highest BCUT2D eigenvalue weighted by molar-refractivity contribution is 5.76. The minimum atomic E-state index is 0.217. The van der Waals surface area contributed by atoms with Gasteiger partial charge in [-0.3, -0.25) is 0 Å². The standard InChI is InChI=1S/C15H19N/c1-11-5-4-10-15(2,3)14(11)12-6-8-13(16)9-7-12/h4-9H,10,16H2,1-3H3. The van der Waals surface area contributed by atoms with Crippen LogP contribution in [0.1, 0.15) is 32.8 Å². The maximum absolute atomic E-state index is 5.73. The largest absolute Gasteiger partial charge is 0.399 e. The first-order chi connectivity index (χ1) is 7.50. The molecule has 1 aliphatic rings. The molecule has 2 rings (SSSR count). The van der Waals surface area contributed by atoms with Gasteiger partial charge < -0.3 is 5.73 Å². The number of rotatable bonds is 1. The van der Waals surface area contributed by atoms with Crippen LogP contribution in [0.3, 0.4) is 0 Å². The minimum Gasteiger partial charge on any atom is -0.399 e. The molecular formula is C15H19N. The Morgan fingerprint density at radius 2 is 1.75 bits per heavy atom. The van der Waals surface area contributed by atoms with Gasteiger partial charge in [0.2, 0.25) is 0 Å². The molecule has 0 amide bonds. The van der Waals surface area contributed by atoms with Crippen molar-refractivity contribution in [3.05, 3.63) is 47.6 Å². The van der Waals surface area contributed by atoms with Crippen molar-refractivity contribution >= 4 is 11.3 Å². The molecule has 0 bridgehead atoms. The van der Waals surface area contributed by atoms with Crippen molar-refractivity contribution < 1.29 is 0 Å². The van der Waals surface area contributed by atoms with E-state index < -0.39 is 0 Å². The van der Waals surface area contributed by atoms with Gasteiger partial charge in [0.1, 0.15) is 0 Å². The molecule has 0 atom stereocenters. The maximum Gasteiger partial charge on any atom is 0.0314 e. The minimum absolute atomic E-state index is 0.217. The molecule has 0 fully saturated rings. The van der Waals surface area contributed by atoms with Crippen LogP contribution in [0, 0.1) is 5.41 Å². The maximum atomic E-state index is 5.73. The molecule has 1 aromatic rings. The van der Waals surface area contributed by atoms with Crippen LogP contribution < -0.4 is 5.73 Å². The molecule has 0 spiro atoms. The topological polar surface area (TPSA) is 26.0 Å². The number of hydrogen-bond acceptors (Lipinski definition) is 1. The highest BCUT2D eigenvalue weighted by Gasteiger charge is 2.26. The van der Waals surface area contributed by atoms with Gasteiger partial charge in [-0.25, -0.2) is 0 Å². The zero-order valence-electron chi connectivity index (χ0n) is 10.2. The van der Waals surface area contributed by atoms with Gasteiger partial charge in [0.25, 0.3) is 0 Å². The van der Waals surface area contributed by atoms with Gasteiger partial charge in [-0.2, -0.15) is 0 Å². The summed E-state index contributed by atoms with van der Waals surface area (Å²) in [7, 11) is 0. The molecule has 0 saturated heterocycles. The Labute approximate surface area is 97.7 Å². The molecule has 1 aliphatic carbocycles. The zero-order valence-corrected chi connectivity index (χ0v) is 10.2. The van der Waals surface area contributed by atoms with Gasteiger partial charge in [-0.15, -0.1) is 0 Å². The van der Waals surface area contributed by atoms with E-state index in [1.54, 1.807) is 0 Å². The van der Waals surface area contributed by atoms with Crippen LogP contribution in [0.4, 0.5) is 5.69 Å². The summed E-state index contributed by atoms with van der Waals surface area (Å²) in [6.07, 6.45) is 5.58. The fourth-order valence-corrected chi connectivity index (χ4v) is 2.52. The monoisotopic (exact) mass is 213 g/mol. The summed E-state index contributed by atoms with van der Waals surface area (Å²) in [4.78, 5) is 0. The van der Waals surface area contributed by atoms with Crippen LogP contribution in [-0.4, -0.2) is 0 Å². The first kappa shape index (κ1) is 11.0. The van der Waals surface area contributed by atoms with E-state index in [4.69, 9.17) is 5.73 Å². The van der Waals surface area contributed by atoms with E-state index in [-0.39, 0.29) is 5.41 Å². The van der Waals surface area contributed by atoms with Gasteiger partial charge >= 0.3 is 0 Å². The highest BCUT2D eigenvalue weighted by atomic mass is 14.5. The average Bonchev–Trinajstić information content (AvgIpc) is 2.19. The summed E-state index contributed by atoms with van der Waals surface area (Å²) in [5.74, 6) is 0. The second-order valence-corrected chi connectivity index (χ2v) is 5.17. The predicted octanol–water partition coefficient (Wildman–Crippen LogP) is 4.03. The molecule has 0 aromatic heterocycles. The van der Waals surface area contributed by atoms with E-state index in [2.05, 4.69) is 45.1 Å². The lowest BCUT2D eigenvalue weighted by Gasteiger charge is -2.31. The molecule has 0 saturated carbocycles. The van der Waals surface area contributed by atoms with Crippen molar-refractivity contribution in [3.63, 3.8) is 0 Å². The van der Waals surface area contributed by atoms with E-state index in [1.165, 1.54) is 16.7 Å². The van der Waals surface area contributed by atoms with Crippen LogP contribution in [0.5, 0.6) is 0 Å². The van der Waals surface area contributed by atoms with E-state index in [0.717, 1.165) is 12.1 Å². The van der Waals surface area contributed by atoms with Gasteiger partial charge in [-0.1, -0.05) is 38.1 Å². The second-order valence-electron chi connectivity index (χ2n) is 5.17. The summed E-state index contributed by atoms with van der Waals surface area (Å²) in [5, 5.41) is 0. The van der Waals surface area contributed by atoms with Gasteiger partial charge in [-0.05, 0) is 47.6 Å². The van der Waals surface area contributed by atoms with Gasteiger partial charge in [0.15, 0.2) is 0 Å². The molecule has 1 aromatic carbocycles. The van der Waals surface area contributed by atoms with Gasteiger partial charge in [0.05, 0.1) is 0 Å². The fourth-order valence-electron chi connectivity index (χ4n) is 2.52. The zero-order chi connectivity index (χ0) is 11.8. The quantitative estimate of drug-likeness (QED) is 0.700. The Kier molecular flexibility index (Phi) is 2.63. The number of allylic oxidation sites excluding steroid dienone is 4.